The predicted octanol–water partition coefficient (Wildman–Crippen LogP) is 0.562. The van der Waals surface area contributed by atoms with Gasteiger partial charge in [-0.2, -0.15) is 0 Å². The molecule has 82 valence electrons. The van der Waals surface area contributed by atoms with Gasteiger partial charge in [-0.05, 0) is 18.6 Å². The number of aromatic nitrogens is 3. The summed E-state index contributed by atoms with van der Waals surface area (Å²) in [6.45, 7) is 1.80. The molecule has 0 saturated carbocycles. The van der Waals surface area contributed by atoms with Crippen LogP contribution in [0.3, 0.4) is 0 Å². The lowest BCUT2D eigenvalue weighted by Gasteiger charge is -2.17. The first-order valence-corrected chi connectivity index (χ1v) is 5.41. The average Bonchev–Trinajstić information content (AvgIpc) is 2.75. The maximum absolute atomic E-state index is 5.90. The van der Waals surface area contributed by atoms with Gasteiger partial charge in [-0.15, -0.1) is 0 Å². The van der Waals surface area contributed by atoms with Crippen LogP contribution in [0.15, 0.2) is 24.7 Å². The van der Waals surface area contributed by atoms with Crippen LogP contribution in [-0.4, -0.2) is 34.1 Å². The molecule has 0 bridgehead atoms. The molecule has 5 heteroatoms. The summed E-state index contributed by atoms with van der Waals surface area (Å²) in [5.41, 5.74) is 7.64. The minimum absolute atomic E-state index is 0.244. The number of pyridine rings is 1. The maximum Gasteiger partial charge on any atom is 0.158 e. The van der Waals surface area contributed by atoms with Crippen molar-refractivity contribution in [2.24, 2.45) is 5.73 Å². The zero-order valence-corrected chi connectivity index (χ0v) is 8.87. The Kier molecular flexibility index (Phi) is 2.18. The number of anilines is 1. The van der Waals surface area contributed by atoms with Crippen LogP contribution < -0.4 is 10.6 Å². The van der Waals surface area contributed by atoms with Gasteiger partial charge in [-0.3, -0.25) is 4.98 Å². The van der Waals surface area contributed by atoms with Crippen LogP contribution in [0.25, 0.3) is 11.0 Å². The molecule has 0 spiro atoms. The van der Waals surface area contributed by atoms with Crippen molar-refractivity contribution in [3.63, 3.8) is 0 Å². The molecule has 3 heterocycles. The van der Waals surface area contributed by atoms with E-state index in [2.05, 4.69) is 19.9 Å². The Bertz CT molecular complexity index is 507. The van der Waals surface area contributed by atoms with Crippen LogP contribution >= 0.6 is 0 Å². The highest BCUT2D eigenvalue weighted by Crippen LogP contribution is 2.23. The second kappa shape index (κ2) is 3.68. The molecule has 3 rings (SSSR count). The molecule has 0 aliphatic carbocycles. The number of nitrogens with two attached hydrogens (primary N) is 1. The first kappa shape index (κ1) is 9.47. The van der Waals surface area contributed by atoms with E-state index in [-0.39, 0.29) is 6.04 Å². The fourth-order valence-corrected chi connectivity index (χ4v) is 2.09. The van der Waals surface area contributed by atoms with E-state index in [9.17, 15) is 0 Å². The van der Waals surface area contributed by atoms with Crippen LogP contribution in [0.1, 0.15) is 6.42 Å². The second-order valence-electron chi connectivity index (χ2n) is 4.06. The Hall–Kier alpha value is -1.75. The molecule has 2 N–H and O–H groups in total. The van der Waals surface area contributed by atoms with Crippen molar-refractivity contribution in [3.05, 3.63) is 24.7 Å². The average molecular weight is 215 g/mol. The fourth-order valence-electron chi connectivity index (χ4n) is 2.09. The Morgan fingerprint density at radius 3 is 3.06 bits per heavy atom. The van der Waals surface area contributed by atoms with Crippen molar-refractivity contribution in [1.29, 1.82) is 0 Å². The summed E-state index contributed by atoms with van der Waals surface area (Å²) >= 11 is 0. The fraction of sp³-hybridized carbons (Fsp3) is 0.364. The molecule has 0 amide bonds. The van der Waals surface area contributed by atoms with Gasteiger partial charge in [-0.1, -0.05) is 0 Å². The van der Waals surface area contributed by atoms with Crippen LogP contribution in [0.2, 0.25) is 0 Å². The quantitative estimate of drug-likeness (QED) is 0.753. The van der Waals surface area contributed by atoms with Crippen molar-refractivity contribution < 1.29 is 0 Å². The molecule has 0 radical (unpaired) electrons. The first-order chi connectivity index (χ1) is 7.84. The minimum atomic E-state index is 0.244. The third-order valence-electron chi connectivity index (χ3n) is 2.90. The lowest BCUT2D eigenvalue weighted by atomic mass is 10.3. The molecule has 1 atom stereocenters. The minimum Gasteiger partial charge on any atom is -0.353 e. The molecule has 1 aliphatic rings. The number of nitrogens with zero attached hydrogens (tertiary/aromatic N) is 4. The molecule has 1 fully saturated rings. The van der Waals surface area contributed by atoms with Crippen molar-refractivity contribution in [3.8, 4) is 0 Å². The van der Waals surface area contributed by atoms with Gasteiger partial charge in [0.2, 0.25) is 0 Å². The highest BCUT2D eigenvalue weighted by Gasteiger charge is 2.22. The zero-order valence-electron chi connectivity index (χ0n) is 8.87. The Balaban J connectivity index is 2.09. The normalized spacial score (nSPS) is 20.6. The molecule has 16 heavy (non-hydrogen) atoms. The molecule has 1 unspecified atom stereocenters. The highest BCUT2D eigenvalue weighted by molar-refractivity contribution is 5.85. The van der Waals surface area contributed by atoms with Gasteiger partial charge < -0.3 is 10.6 Å². The van der Waals surface area contributed by atoms with Gasteiger partial charge in [0.15, 0.2) is 5.82 Å². The number of hydrogen-bond acceptors (Lipinski definition) is 5. The SMILES string of the molecule is NC1CCN(c2ncnc3cccnc23)C1. The number of rotatable bonds is 1. The number of fused-ring (bicyclic) bond motifs is 1. The van der Waals surface area contributed by atoms with Crippen LogP contribution in [0.5, 0.6) is 0 Å². The summed E-state index contributed by atoms with van der Waals surface area (Å²) in [7, 11) is 0. The van der Waals surface area contributed by atoms with Crippen LogP contribution in [0, 0.1) is 0 Å². The van der Waals surface area contributed by atoms with Crippen molar-refractivity contribution in [2.75, 3.05) is 18.0 Å². The largest absolute Gasteiger partial charge is 0.353 e. The summed E-state index contributed by atoms with van der Waals surface area (Å²) in [5, 5.41) is 0. The van der Waals surface area contributed by atoms with Crippen LogP contribution in [0.4, 0.5) is 5.82 Å². The molecule has 1 aliphatic heterocycles. The molecule has 2 aromatic rings. The van der Waals surface area contributed by atoms with Gasteiger partial charge >= 0.3 is 0 Å². The van der Waals surface area contributed by atoms with E-state index in [1.165, 1.54) is 0 Å². The van der Waals surface area contributed by atoms with Crippen LogP contribution in [-0.2, 0) is 0 Å². The molecule has 2 aromatic heterocycles. The van der Waals surface area contributed by atoms with Gasteiger partial charge in [0, 0.05) is 25.3 Å². The van der Waals surface area contributed by atoms with E-state index in [1.54, 1.807) is 12.5 Å². The van der Waals surface area contributed by atoms with Crippen molar-refractivity contribution >= 4 is 16.9 Å². The molecular weight excluding hydrogens is 202 g/mol. The lowest BCUT2D eigenvalue weighted by Crippen LogP contribution is -2.27. The summed E-state index contributed by atoms with van der Waals surface area (Å²) in [5.74, 6) is 0.901. The van der Waals surface area contributed by atoms with E-state index < -0.39 is 0 Å². The monoisotopic (exact) mass is 215 g/mol. The molecule has 0 aromatic carbocycles. The van der Waals surface area contributed by atoms with E-state index in [0.29, 0.717) is 0 Å². The lowest BCUT2D eigenvalue weighted by molar-refractivity contribution is 0.751. The Labute approximate surface area is 93.3 Å². The molecule has 5 nitrogen and oxygen atoms in total. The van der Waals surface area contributed by atoms with Crippen molar-refractivity contribution in [1.82, 2.24) is 15.0 Å². The van der Waals surface area contributed by atoms with Gasteiger partial charge in [0.1, 0.15) is 11.8 Å². The standard InChI is InChI=1S/C11H13N5/c12-8-3-5-16(6-8)11-10-9(14-7-15-11)2-1-4-13-10/h1-2,4,7-8H,3,5-6,12H2. The maximum atomic E-state index is 5.90. The molecule has 1 saturated heterocycles. The summed E-state index contributed by atoms with van der Waals surface area (Å²) in [4.78, 5) is 15.0. The molecular formula is C11H13N5. The summed E-state index contributed by atoms with van der Waals surface area (Å²) in [6, 6.07) is 4.08. The third kappa shape index (κ3) is 1.49. The smallest absolute Gasteiger partial charge is 0.158 e. The van der Waals surface area contributed by atoms with Crippen molar-refractivity contribution in [2.45, 2.75) is 12.5 Å². The summed E-state index contributed by atoms with van der Waals surface area (Å²) in [6.07, 6.45) is 4.37. The topological polar surface area (TPSA) is 67.9 Å². The zero-order chi connectivity index (χ0) is 11.0. The Morgan fingerprint density at radius 2 is 2.25 bits per heavy atom. The van der Waals surface area contributed by atoms with Gasteiger partial charge in [-0.25, -0.2) is 9.97 Å². The highest BCUT2D eigenvalue weighted by atomic mass is 15.2. The van der Waals surface area contributed by atoms with Gasteiger partial charge in [0.05, 0.1) is 5.52 Å². The number of hydrogen-bond donors (Lipinski definition) is 1. The predicted molar refractivity (Wildman–Crippen MR) is 62.1 cm³/mol. The van der Waals surface area contributed by atoms with E-state index >= 15 is 0 Å². The third-order valence-corrected chi connectivity index (χ3v) is 2.90. The van der Waals surface area contributed by atoms with E-state index in [4.69, 9.17) is 5.73 Å². The second-order valence-corrected chi connectivity index (χ2v) is 4.06. The van der Waals surface area contributed by atoms with Gasteiger partial charge in [0.25, 0.3) is 0 Å². The van der Waals surface area contributed by atoms with E-state index in [1.807, 2.05) is 12.1 Å². The first-order valence-electron chi connectivity index (χ1n) is 5.41. The Morgan fingerprint density at radius 1 is 1.31 bits per heavy atom. The van der Waals surface area contributed by atoms with E-state index in [0.717, 1.165) is 36.4 Å². The summed E-state index contributed by atoms with van der Waals surface area (Å²) < 4.78 is 0.